The third kappa shape index (κ3) is 3.96. The topological polar surface area (TPSA) is 61.4 Å². The Morgan fingerprint density at radius 3 is 2.13 bits per heavy atom. The summed E-state index contributed by atoms with van der Waals surface area (Å²) in [6.45, 7) is 2.99. The molecule has 2 aromatic carbocycles. The van der Waals surface area contributed by atoms with Crippen LogP contribution in [0.15, 0.2) is 67.3 Å². The summed E-state index contributed by atoms with van der Waals surface area (Å²) in [5, 5.41) is 3.71. The second kappa shape index (κ2) is 8.21. The van der Waals surface area contributed by atoms with Crippen molar-refractivity contribution in [1.29, 1.82) is 0 Å². The summed E-state index contributed by atoms with van der Waals surface area (Å²) in [7, 11) is 3.55. The van der Waals surface area contributed by atoms with Crippen LogP contribution in [-0.2, 0) is 6.54 Å². The second-order valence-electron chi connectivity index (χ2n) is 8.75. The Hall–Kier alpha value is -3.09. The van der Waals surface area contributed by atoms with Gasteiger partial charge >= 0.3 is 0 Å². The van der Waals surface area contributed by atoms with Crippen molar-refractivity contribution in [2.24, 2.45) is 0 Å². The average Bonchev–Trinajstić information content (AvgIpc) is 2.80. The average molecular weight is 414 g/mol. The van der Waals surface area contributed by atoms with Crippen molar-refractivity contribution in [1.82, 2.24) is 25.1 Å². The summed E-state index contributed by atoms with van der Waals surface area (Å²) in [6, 6.07) is 17.8. The maximum absolute atomic E-state index is 12.1. The standard InChI is InChI=1S/C25H27N5O/c1-29(2)25(31)21-9-5-19(6-10-21)18-3-7-20(8-4-18)24-22-14-30(15-23(24)28-22)13-17-11-26-16-27-12-17/h3-12,16,22-24,28H,13-15H2,1-2H3/t22-,23+,24?. The molecule has 3 aliphatic rings. The zero-order valence-corrected chi connectivity index (χ0v) is 17.9. The Morgan fingerprint density at radius 1 is 0.968 bits per heavy atom. The summed E-state index contributed by atoms with van der Waals surface area (Å²) in [5.41, 5.74) is 5.59. The van der Waals surface area contributed by atoms with Crippen molar-refractivity contribution < 1.29 is 4.79 Å². The number of piperidine rings is 1. The molecule has 0 radical (unpaired) electrons. The number of nitrogens with zero attached hydrogens (tertiary/aromatic N) is 4. The van der Waals surface area contributed by atoms with Crippen molar-refractivity contribution in [3.05, 3.63) is 83.9 Å². The number of benzene rings is 2. The van der Waals surface area contributed by atoms with E-state index in [-0.39, 0.29) is 5.91 Å². The molecule has 1 unspecified atom stereocenters. The third-order valence-electron chi connectivity index (χ3n) is 6.39. The zero-order chi connectivity index (χ0) is 21.4. The van der Waals surface area contributed by atoms with Gasteiger partial charge in [-0.05, 0) is 28.8 Å². The van der Waals surface area contributed by atoms with E-state index in [1.165, 1.54) is 16.7 Å². The van der Waals surface area contributed by atoms with Crippen LogP contribution < -0.4 is 5.32 Å². The summed E-state index contributed by atoms with van der Waals surface area (Å²) in [5.74, 6) is 0.595. The molecule has 3 atom stereocenters. The Kier molecular flexibility index (Phi) is 5.26. The van der Waals surface area contributed by atoms with E-state index in [1.807, 2.05) is 36.7 Å². The van der Waals surface area contributed by atoms with Crippen LogP contribution in [0.4, 0.5) is 0 Å². The molecular weight excluding hydrogens is 386 g/mol. The van der Waals surface area contributed by atoms with Gasteiger partial charge in [0.2, 0.25) is 0 Å². The molecule has 3 aromatic rings. The number of piperazine rings is 1. The van der Waals surface area contributed by atoms with Crippen LogP contribution in [0.1, 0.15) is 27.4 Å². The molecule has 3 fully saturated rings. The zero-order valence-electron chi connectivity index (χ0n) is 17.9. The molecule has 6 rings (SSSR count). The Labute approximate surface area is 182 Å². The SMILES string of the molecule is CN(C)C(=O)c1ccc(-c2ccc(C3[C@@H]4CN(Cc5cncnc5)C[C@H]3N4)cc2)cc1. The molecule has 6 heteroatoms. The molecule has 1 N–H and O–H groups in total. The molecule has 1 amide bonds. The van der Waals surface area contributed by atoms with E-state index in [4.69, 9.17) is 0 Å². The number of nitrogens with one attached hydrogen (secondary N) is 1. The quantitative estimate of drug-likeness (QED) is 0.697. The van der Waals surface area contributed by atoms with Gasteiger partial charge in [0.05, 0.1) is 0 Å². The molecule has 4 heterocycles. The number of hydrogen-bond acceptors (Lipinski definition) is 5. The first kappa shape index (κ1) is 19.8. The smallest absolute Gasteiger partial charge is 0.253 e. The molecule has 3 aliphatic heterocycles. The van der Waals surface area contributed by atoms with Gasteiger partial charge in [-0.25, -0.2) is 9.97 Å². The Bertz CT molecular complexity index is 1040. The van der Waals surface area contributed by atoms with E-state index in [2.05, 4.69) is 44.5 Å². The predicted octanol–water partition coefficient (Wildman–Crippen LogP) is 2.79. The summed E-state index contributed by atoms with van der Waals surface area (Å²) >= 11 is 0. The second-order valence-corrected chi connectivity index (χ2v) is 8.75. The van der Waals surface area contributed by atoms with Gasteiger partial charge in [0.25, 0.3) is 5.91 Å². The van der Waals surface area contributed by atoms with Gasteiger partial charge in [-0.3, -0.25) is 9.69 Å². The van der Waals surface area contributed by atoms with E-state index in [0.29, 0.717) is 23.6 Å². The van der Waals surface area contributed by atoms with Crippen LogP contribution in [-0.4, -0.2) is 64.9 Å². The number of carbonyl (C=O) groups excluding carboxylic acids is 1. The van der Waals surface area contributed by atoms with Crippen molar-refractivity contribution in [3.8, 4) is 11.1 Å². The monoisotopic (exact) mass is 413 g/mol. The molecule has 0 spiro atoms. The molecule has 158 valence electrons. The van der Waals surface area contributed by atoms with Gasteiger partial charge in [0, 0.05) is 75.3 Å². The Balaban J connectivity index is 1.24. The van der Waals surface area contributed by atoms with Gasteiger partial charge in [-0.2, -0.15) is 0 Å². The highest BCUT2D eigenvalue weighted by molar-refractivity contribution is 5.94. The van der Waals surface area contributed by atoms with E-state index in [0.717, 1.165) is 25.2 Å². The number of fused-ring (bicyclic) bond motifs is 2. The molecule has 1 aromatic heterocycles. The van der Waals surface area contributed by atoms with Gasteiger partial charge in [-0.1, -0.05) is 36.4 Å². The first-order valence-corrected chi connectivity index (χ1v) is 10.7. The van der Waals surface area contributed by atoms with E-state index in [1.54, 1.807) is 25.3 Å². The first-order chi connectivity index (χ1) is 15.1. The highest BCUT2D eigenvalue weighted by atomic mass is 16.2. The Morgan fingerprint density at radius 2 is 1.55 bits per heavy atom. The minimum absolute atomic E-state index is 0.0276. The van der Waals surface area contributed by atoms with Gasteiger partial charge in [0.15, 0.2) is 0 Å². The summed E-state index contributed by atoms with van der Waals surface area (Å²) in [4.78, 5) is 24.4. The van der Waals surface area contributed by atoms with Crippen LogP contribution in [0, 0.1) is 0 Å². The lowest BCUT2D eigenvalue weighted by atomic mass is 9.74. The van der Waals surface area contributed by atoms with Crippen LogP contribution in [0.2, 0.25) is 0 Å². The van der Waals surface area contributed by atoms with Crippen LogP contribution in [0.3, 0.4) is 0 Å². The lowest BCUT2D eigenvalue weighted by Crippen LogP contribution is -2.71. The largest absolute Gasteiger partial charge is 0.345 e. The van der Waals surface area contributed by atoms with Gasteiger partial charge in [-0.15, -0.1) is 0 Å². The molecule has 3 saturated heterocycles. The first-order valence-electron chi connectivity index (χ1n) is 10.7. The lowest BCUT2D eigenvalue weighted by Gasteiger charge is -2.55. The summed E-state index contributed by atoms with van der Waals surface area (Å²) in [6.07, 6.45) is 5.38. The van der Waals surface area contributed by atoms with Gasteiger partial charge < -0.3 is 10.2 Å². The minimum atomic E-state index is 0.0276. The predicted molar refractivity (Wildman–Crippen MR) is 121 cm³/mol. The van der Waals surface area contributed by atoms with Crippen molar-refractivity contribution in [2.45, 2.75) is 24.5 Å². The van der Waals surface area contributed by atoms with Gasteiger partial charge in [0.1, 0.15) is 6.33 Å². The number of rotatable bonds is 5. The highest BCUT2D eigenvalue weighted by Gasteiger charge is 2.46. The maximum atomic E-state index is 12.1. The van der Waals surface area contributed by atoms with Crippen LogP contribution >= 0.6 is 0 Å². The van der Waals surface area contributed by atoms with Crippen LogP contribution in [0.25, 0.3) is 11.1 Å². The number of carbonyl (C=O) groups is 1. The summed E-state index contributed by atoms with van der Waals surface area (Å²) < 4.78 is 0. The molecule has 31 heavy (non-hydrogen) atoms. The fourth-order valence-corrected chi connectivity index (χ4v) is 4.83. The highest BCUT2D eigenvalue weighted by Crippen LogP contribution is 2.37. The normalized spacial score (nSPS) is 22.6. The third-order valence-corrected chi connectivity index (χ3v) is 6.39. The van der Waals surface area contributed by atoms with E-state index < -0.39 is 0 Å². The minimum Gasteiger partial charge on any atom is -0.345 e. The van der Waals surface area contributed by atoms with Crippen LogP contribution in [0.5, 0.6) is 0 Å². The van der Waals surface area contributed by atoms with Crippen molar-refractivity contribution in [2.75, 3.05) is 27.2 Å². The van der Waals surface area contributed by atoms with E-state index >= 15 is 0 Å². The molecule has 6 nitrogen and oxygen atoms in total. The number of hydrogen-bond donors (Lipinski definition) is 1. The van der Waals surface area contributed by atoms with Crippen molar-refractivity contribution in [3.63, 3.8) is 0 Å². The molecule has 2 bridgehead atoms. The molecular formula is C25H27N5O. The fraction of sp³-hybridized carbons (Fsp3) is 0.320. The molecule has 0 saturated carbocycles. The number of aromatic nitrogens is 2. The lowest BCUT2D eigenvalue weighted by molar-refractivity contribution is 0.0469. The number of amides is 1. The fourth-order valence-electron chi connectivity index (χ4n) is 4.83. The maximum Gasteiger partial charge on any atom is 0.253 e. The van der Waals surface area contributed by atoms with Crippen molar-refractivity contribution >= 4 is 5.91 Å². The van der Waals surface area contributed by atoms with E-state index in [9.17, 15) is 4.79 Å². The molecule has 0 aliphatic carbocycles.